The van der Waals surface area contributed by atoms with Crippen molar-refractivity contribution >= 4 is 43.8 Å². The Hall–Kier alpha value is -2.46. The van der Waals surface area contributed by atoms with Crippen molar-refractivity contribution in [3.63, 3.8) is 0 Å². The molecule has 0 spiro atoms. The van der Waals surface area contributed by atoms with Crippen LogP contribution in [0.2, 0.25) is 0 Å². The van der Waals surface area contributed by atoms with Crippen LogP contribution in [0.15, 0.2) is 42.5 Å². The van der Waals surface area contributed by atoms with Crippen LogP contribution < -0.4 is 5.32 Å². The maximum absolute atomic E-state index is 4.77. The monoisotopic (exact) mass is 345 g/mol. The summed E-state index contributed by atoms with van der Waals surface area (Å²) in [7, 11) is 0. The van der Waals surface area contributed by atoms with Crippen LogP contribution in [0.1, 0.15) is 29.1 Å². The van der Waals surface area contributed by atoms with Gasteiger partial charge in [-0.3, -0.25) is 0 Å². The van der Waals surface area contributed by atoms with E-state index in [4.69, 9.17) is 9.97 Å². The van der Waals surface area contributed by atoms with Crippen molar-refractivity contribution in [1.29, 1.82) is 0 Å². The fourth-order valence-electron chi connectivity index (χ4n) is 3.82. The summed E-state index contributed by atoms with van der Waals surface area (Å²) in [4.78, 5) is 12.1. The highest BCUT2D eigenvalue weighted by atomic mass is 32.1. The molecule has 1 aliphatic carbocycles. The van der Waals surface area contributed by atoms with Gasteiger partial charge in [-0.2, -0.15) is 0 Å². The summed E-state index contributed by atoms with van der Waals surface area (Å²) >= 11 is 1.85. The zero-order valence-corrected chi connectivity index (χ0v) is 15.0. The van der Waals surface area contributed by atoms with Gasteiger partial charge in [0.25, 0.3) is 0 Å². The number of aromatic nitrogens is 2. The Balaban J connectivity index is 1.71. The van der Waals surface area contributed by atoms with Crippen molar-refractivity contribution in [2.45, 2.75) is 32.6 Å². The quantitative estimate of drug-likeness (QED) is 0.501. The summed E-state index contributed by atoms with van der Waals surface area (Å²) in [6.07, 6.45) is 4.88. The summed E-state index contributed by atoms with van der Waals surface area (Å²) < 4.78 is 0. The molecule has 0 saturated heterocycles. The van der Waals surface area contributed by atoms with Gasteiger partial charge in [0, 0.05) is 16.0 Å². The summed E-state index contributed by atoms with van der Waals surface area (Å²) in [5.41, 5.74) is 2.57. The fraction of sp³-hybridized carbons (Fsp3) is 0.238. The molecular formula is C21H19N3S. The number of thiophene rings is 1. The lowest BCUT2D eigenvalue weighted by Crippen LogP contribution is -2.02. The van der Waals surface area contributed by atoms with Gasteiger partial charge >= 0.3 is 0 Å². The second-order valence-corrected chi connectivity index (χ2v) is 7.75. The average Bonchev–Trinajstić information content (AvgIpc) is 3.00. The molecule has 124 valence electrons. The molecule has 2 aromatic carbocycles. The van der Waals surface area contributed by atoms with Gasteiger partial charge in [0.15, 0.2) is 0 Å². The van der Waals surface area contributed by atoms with Gasteiger partial charge in [0.05, 0.1) is 5.39 Å². The molecule has 1 N–H and O–H groups in total. The molecular weight excluding hydrogens is 326 g/mol. The molecule has 0 fully saturated rings. The van der Waals surface area contributed by atoms with Crippen LogP contribution in [0, 0.1) is 6.92 Å². The second-order valence-electron chi connectivity index (χ2n) is 6.66. The van der Waals surface area contributed by atoms with Gasteiger partial charge in [-0.05, 0) is 49.6 Å². The molecule has 0 aliphatic heterocycles. The van der Waals surface area contributed by atoms with Gasteiger partial charge in [-0.1, -0.05) is 36.4 Å². The van der Waals surface area contributed by atoms with Gasteiger partial charge in [-0.25, -0.2) is 9.97 Å². The SMILES string of the molecule is Cc1nc(Nc2cccc3ccccc23)c2c3c(sc2n1)CCCC3. The molecule has 4 aromatic rings. The van der Waals surface area contributed by atoms with E-state index in [0.717, 1.165) is 28.6 Å². The van der Waals surface area contributed by atoms with Crippen LogP contribution >= 0.6 is 11.3 Å². The topological polar surface area (TPSA) is 37.8 Å². The number of nitrogens with zero attached hydrogens (tertiary/aromatic N) is 2. The minimum absolute atomic E-state index is 0.828. The molecule has 0 bridgehead atoms. The van der Waals surface area contributed by atoms with E-state index in [9.17, 15) is 0 Å². The lowest BCUT2D eigenvalue weighted by Gasteiger charge is -2.14. The number of hydrogen-bond acceptors (Lipinski definition) is 4. The average molecular weight is 345 g/mol. The number of fused-ring (bicyclic) bond motifs is 4. The molecule has 0 atom stereocenters. The number of anilines is 2. The van der Waals surface area contributed by atoms with E-state index in [1.165, 1.54) is 45.9 Å². The first-order valence-corrected chi connectivity index (χ1v) is 9.65. The van der Waals surface area contributed by atoms with E-state index in [0.29, 0.717) is 0 Å². The number of aryl methyl sites for hydroxylation is 3. The molecule has 25 heavy (non-hydrogen) atoms. The Morgan fingerprint density at radius 3 is 2.76 bits per heavy atom. The van der Waals surface area contributed by atoms with Crippen LogP contribution in [0.4, 0.5) is 11.5 Å². The van der Waals surface area contributed by atoms with Gasteiger partial charge in [0.1, 0.15) is 16.5 Å². The number of nitrogens with one attached hydrogen (secondary N) is 1. The molecule has 0 radical (unpaired) electrons. The third-order valence-electron chi connectivity index (χ3n) is 4.97. The van der Waals surface area contributed by atoms with E-state index >= 15 is 0 Å². The van der Waals surface area contributed by atoms with Crippen molar-refractivity contribution in [3.8, 4) is 0 Å². The summed E-state index contributed by atoms with van der Waals surface area (Å²) in [5.74, 6) is 1.78. The van der Waals surface area contributed by atoms with Crippen molar-refractivity contribution in [3.05, 3.63) is 58.7 Å². The highest BCUT2D eigenvalue weighted by Gasteiger charge is 2.20. The molecule has 5 rings (SSSR count). The van der Waals surface area contributed by atoms with Crippen molar-refractivity contribution in [1.82, 2.24) is 9.97 Å². The first-order chi connectivity index (χ1) is 12.3. The van der Waals surface area contributed by atoms with Crippen LogP contribution in [0.3, 0.4) is 0 Å². The molecule has 4 heteroatoms. The largest absolute Gasteiger partial charge is 0.339 e. The van der Waals surface area contributed by atoms with E-state index in [2.05, 4.69) is 47.8 Å². The number of rotatable bonds is 2. The predicted octanol–water partition coefficient (Wildman–Crippen LogP) is 5.78. The molecule has 2 aromatic heterocycles. The first-order valence-electron chi connectivity index (χ1n) is 8.83. The maximum atomic E-state index is 4.77. The highest BCUT2D eigenvalue weighted by Crippen LogP contribution is 2.39. The van der Waals surface area contributed by atoms with Crippen LogP contribution in [-0.4, -0.2) is 9.97 Å². The Morgan fingerprint density at radius 1 is 0.960 bits per heavy atom. The Morgan fingerprint density at radius 2 is 1.80 bits per heavy atom. The lowest BCUT2D eigenvalue weighted by atomic mass is 9.97. The summed E-state index contributed by atoms with van der Waals surface area (Å²) in [6.45, 7) is 1.98. The Bertz CT molecular complexity index is 1090. The molecule has 0 saturated carbocycles. The minimum Gasteiger partial charge on any atom is -0.339 e. The van der Waals surface area contributed by atoms with E-state index in [-0.39, 0.29) is 0 Å². The van der Waals surface area contributed by atoms with Crippen LogP contribution in [0.25, 0.3) is 21.0 Å². The normalized spacial score (nSPS) is 14.0. The Kier molecular flexibility index (Phi) is 3.45. The second kappa shape index (κ2) is 5.81. The van der Waals surface area contributed by atoms with Gasteiger partial charge in [0.2, 0.25) is 0 Å². The fourth-order valence-corrected chi connectivity index (χ4v) is 5.12. The zero-order valence-electron chi connectivity index (χ0n) is 14.2. The van der Waals surface area contributed by atoms with Gasteiger partial charge < -0.3 is 5.32 Å². The van der Waals surface area contributed by atoms with E-state index in [1.807, 2.05) is 18.3 Å². The third kappa shape index (κ3) is 2.48. The number of benzene rings is 2. The van der Waals surface area contributed by atoms with Crippen LogP contribution in [-0.2, 0) is 12.8 Å². The molecule has 0 amide bonds. The molecule has 1 aliphatic rings. The summed E-state index contributed by atoms with van der Waals surface area (Å²) in [6, 6.07) is 14.8. The van der Waals surface area contributed by atoms with Crippen molar-refractivity contribution in [2.24, 2.45) is 0 Å². The van der Waals surface area contributed by atoms with E-state index < -0.39 is 0 Å². The molecule has 0 unspecified atom stereocenters. The van der Waals surface area contributed by atoms with Crippen molar-refractivity contribution in [2.75, 3.05) is 5.32 Å². The summed E-state index contributed by atoms with van der Waals surface area (Å²) in [5, 5.41) is 7.32. The van der Waals surface area contributed by atoms with Crippen LogP contribution in [0.5, 0.6) is 0 Å². The van der Waals surface area contributed by atoms with Crippen molar-refractivity contribution < 1.29 is 0 Å². The number of hydrogen-bond donors (Lipinski definition) is 1. The standard InChI is InChI=1S/C21H19N3S/c1-13-22-20(19-16-10-4-5-12-18(16)25-21(19)23-13)24-17-11-6-8-14-7-2-3-9-15(14)17/h2-3,6-9,11H,4-5,10,12H2,1H3,(H,22,23,24). The Labute approximate surface area is 150 Å². The maximum Gasteiger partial charge on any atom is 0.143 e. The first kappa shape index (κ1) is 14.8. The predicted molar refractivity (Wildman–Crippen MR) is 106 cm³/mol. The molecule has 2 heterocycles. The smallest absolute Gasteiger partial charge is 0.143 e. The lowest BCUT2D eigenvalue weighted by molar-refractivity contribution is 0.700. The zero-order chi connectivity index (χ0) is 16.8. The van der Waals surface area contributed by atoms with E-state index in [1.54, 1.807) is 0 Å². The van der Waals surface area contributed by atoms with Gasteiger partial charge in [-0.15, -0.1) is 11.3 Å². The molecule has 3 nitrogen and oxygen atoms in total. The third-order valence-corrected chi connectivity index (χ3v) is 6.15. The highest BCUT2D eigenvalue weighted by molar-refractivity contribution is 7.19. The minimum atomic E-state index is 0.828.